The molecule has 2 aromatic carbocycles. The quantitative estimate of drug-likeness (QED) is 0.124. The lowest BCUT2D eigenvalue weighted by molar-refractivity contribution is -0.136. The molecule has 17 nitrogen and oxygen atoms in total. The summed E-state index contributed by atoms with van der Waals surface area (Å²) in [5.74, 6) is 0.0262. The number of piperidine rings is 1. The highest BCUT2D eigenvalue weighted by Gasteiger charge is 2.47. The number of fused-ring (bicyclic) bond motifs is 2. The molecule has 4 aliphatic heterocycles. The van der Waals surface area contributed by atoms with Crippen molar-refractivity contribution in [2.75, 3.05) is 73.3 Å². The van der Waals surface area contributed by atoms with E-state index in [0.717, 1.165) is 66.6 Å². The second-order valence-corrected chi connectivity index (χ2v) is 16.1. The van der Waals surface area contributed by atoms with Crippen molar-refractivity contribution in [1.82, 2.24) is 34.6 Å². The van der Waals surface area contributed by atoms with Crippen LogP contribution in [0, 0.1) is 5.92 Å². The van der Waals surface area contributed by atoms with Crippen LogP contribution in [0.2, 0.25) is 0 Å². The van der Waals surface area contributed by atoms with Crippen molar-refractivity contribution in [2.45, 2.75) is 64.6 Å². The lowest BCUT2D eigenvalue weighted by Gasteiger charge is -2.45. The van der Waals surface area contributed by atoms with Crippen molar-refractivity contribution < 1.29 is 29.1 Å². The van der Waals surface area contributed by atoms with Gasteiger partial charge in [-0.3, -0.25) is 34.3 Å². The molecule has 17 heteroatoms. The number of carbonyl (C=O) groups excluding carboxylic acids is 5. The minimum atomic E-state index is -0.996. The van der Waals surface area contributed by atoms with Gasteiger partial charge >= 0.3 is 6.03 Å². The van der Waals surface area contributed by atoms with E-state index in [1.54, 1.807) is 16.6 Å². The van der Waals surface area contributed by atoms with Gasteiger partial charge in [-0.1, -0.05) is 39.0 Å². The van der Waals surface area contributed by atoms with E-state index >= 15 is 0 Å². The van der Waals surface area contributed by atoms with Gasteiger partial charge in [0.25, 0.3) is 11.8 Å². The zero-order chi connectivity index (χ0) is 41.4. The summed E-state index contributed by atoms with van der Waals surface area (Å²) in [6, 6.07) is 13.6. The van der Waals surface area contributed by atoms with Crippen LogP contribution in [0.3, 0.4) is 0 Å². The Morgan fingerprint density at radius 1 is 1.00 bits per heavy atom. The number of imide groups is 2. The van der Waals surface area contributed by atoms with Crippen LogP contribution in [0.1, 0.15) is 77.8 Å². The van der Waals surface area contributed by atoms with E-state index in [9.17, 15) is 29.1 Å². The number of urea groups is 1. The average Bonchev–Trinajstić information content (AvgIpc) is 3.76. The number of aliphatic hydroxyl groups is 1. The minimum absolute atomic E-state index is 0.00872. The van der Waals surface area contributed by atoms with E-state index in [2.05, 4.69) is 50.0 Å². The number of rotatable bonds is 13. The minimum Gasteiger partial charge on any atom is -0.394 e. The number of amides is 6. The molecule has 0 bridgehead atoms. The van der Waals surface area contributed by atoms with Crippen molar-refractivity contribution in [1.29, 1.82) is 0 Å². The summed E-state index contributed by atoms with van der Waals surface area (Å²) >= 11 is 0. The number of carbonyl (C=O) groups is 5. The van der Waals surface area contributed by atoms with Crippen molar-refractivity contribution in [3.63, 3.8) is 0 Å². The van der Waals surface area contributed by atoms with E-state index in [1.807, 2.05) is 54.4 Å². The molecule has 6 heterocycles. The van der Waals surface area contributed by atoms with Gasteiger partial charge in [0.05, 0.1) is 35.7 Å². The Labute approximate surface area is 342 Å². The molecule has 5 N–H and O–H groups in total. The zero-order valence-corrected chi connectivity index (χ0v) is 33.6. The fraction of sp³-hybridized carbons (Fsp3) is 0.452. The summed E-state index contributed by atoms with van der Waals surface area (Å²) in [4.78, 5) is 76.3. The number of piperazine rings is 1. The first kappa shape index (κ1) is 39.7. The first-order chi connectivity index (χ1) is 28.5. The SMILES string of the molecule is CC[C@@H](CO)Nc1cc(NCc2ccc(NC(=O)N3CCN(CC4CN(c5cccc6c5C(=O)N(C5CCC(=O)NC5=O)C6=O)C4)CC3)cc2)n2ncc(C(C)C)c2n1. The summed E-state index contributed by atoms with van der Waals surface area (Å²) in [5.41, 5.74) is 4.83. The van der Waals surface area contributed by atoms with Gasteiger partial charge in [0.1, 0.15) is 17.7 Å². The van der Waals surface area contributed by atoms with Crippen molar-refractivity contribution in [3.05, 3.63) is 77.0 Å². The number of hydrogen-bond donors (Lipinski definition) is 5. The van der Waals surface area contributed by atoms with E-state index in [0.29, 0.717) is 48.3 Å². The predicted octanol–water partition coefficient (Wildman–Crippen LogP) is 3.33. The van der Waals surface area contributed by atoms with Crippen LogP contribution in [-0.4, -0.2) is 129 Å². The normalized spacial score (nSPS) is 19.3. The van der Waals surface area contributed by atoms with Crippen LogP contribution in [0.5, 0.6) is 0 Å². The molecular weight excluding hydrogens is 755 g/mol. The topological polar surface area (TPSA) is 197 Å². The molecule has 59 heavy (non-hydrogen) atoms. The fourth-order valence-electron chi connectivity index (χ4n) is 8.32. The lowest BCUT2D eigenvalue weighted by Crippen LogP contribution is -2.56. The molecule has 6 amide bonds. The first-order valence-electron chi connectivity index (χ1n) is 20.5. The fourth-order valence-corrected chi connectivity index (χ4v) is 8.32. The Morgan fingerprint density at radius 2 is 1.76 bits per heavy atom. The molecule has 2 aromatic heterocycles. The second-order valence-electron chi connectivity index (χ2n) is 16.1. The predicted molar refractivity (Wildman–Crippen MR) is 221 cm³/mol. The van der Waals surface area contributed by atoms with Gasteiger partial charge in [-0.25, -0.2) is 9.78 Å². The molecule has 2 atom stereocenters. The average molecular weight is 806 g/mol. The van der Waals surface area contributed by atoms with Crippen LogP contribution >= 0.6 is 0 Å². The molecule has 3 saturated heterocycles. The van der Waals surface area contributed by atoms with Gasteiger partial charge in [0.15, 0.2) is 5.65 Å². The molecule has 0 radical (unpaired) electrons. The summed E-state index contributed by atoms with van der Waals surface area (Å²) in [6.45, 7) is 11.8. The highest BCUT2D eigenvalue weighted by atomic mass is 16.3. The van der Waals surface area contributed by atoms with Gasteiger partial charge in [-0.2, -0.15) is 9.61 Å². The van der Waals surface area contributed by atoms with Gasteiger partial charge in [0.2, 0.25) is 11.8 Å². The lowest BCUT2D eigenvalue weighted by atomic mass is 9.95. The van der Waals surface area contributed by atoms with E-state index in [-0.39, 0.29) is 43.0 Å². The van der Waals surface area contributed by atoms with E-state index in [4.69, 9.17) is 4.98 Å². The number of nitrogens with zero attached hydrogens (tertiary/aromatic N) is 7. The third-order valence-corrected chi connectivity index (χ3v) is 11.8. The second kappa shape index (κ2) is 16.7. The summed E-state index contributed by atoms with van der Waals surface area (Å²) in [5, 5.41) is 26.5. The first-order valence-corrected chi connectivity index (χ1v) is 20.5. The Balaban J connectivity index is 0.802. The third-order valence-electron chi connectivity index (χ3n) is 11.8. The standard InChI is InChI=1S/C42H51N11O6/c1-4-28(24-54)45-34-18-35(53-38(47-34)31(20-44-53)25(2)3)43-19-26-8-10-29(11-9-26)46-42(59)50-16-14-49(15-17-50)21-27-22-51(23-27)32-7-5-6-30-37(32)41(58)52(40(30)57)33-12-13-36(55)48-39(33)56/h5-11,18,20,25,27-28,33,43,54H,4,12-17,19,21-24H2,1-3H3,(H,45,47)(H,46,59)(H,48,55,56)/t28-,33?/m0/s1. The van der Waals surface area contributed by atoms with E-state index in [1.165, 1.54) is 0 Å². The number of hydrogen-bond acceptors (Lipinski definition) is 12. The molecule has 0 aliphatic carbocycles. The molecule has 1 unspecified atom stereocenters. The van der Waals surface area contributed by atoms with Crippen LogP contribution in [0.15, 0.2) is 54.7 Å². The monoisotopic (exact) mass is 805 g/mol. The highest BCUT2D eigenvalue weighted by molar-refractivity contribution is 6.25. The van der Waals surface area contributed by atoms with Crippen LogP contribution in [-0.2, 0) is 16.1 Å². The number of aromatic nitrogens is 3. The Bertz CT molecular complexity index is 2260. The van der Waals surface area contributed by atoms with Crippen LogP contribution in [0.25, 0.3) is 5.65 Å². The molecule has 4 aliphatic rings. The zero-order valence-electron chi connectivity index (χ0n) is 33.6. The molecule has 310 valence electrons. The van der Waals surface area contributed by atoms with Gasteiger partial charge in [0, 0.05) is 82.0 Å². The van der Waals surface area contributed by atoms with Crippen LogP contribution < -0.4 is 26.2 Å². The van der Waals surface area contributed by atoms with E-state index < -0.39 is 29.7 Å². The largest absolute Gasteiger partial charge is 0.394 e. The number of aliphatic hydroxyl groups excluding tert-OH is 1. The summed E-state index contributed by atoms with van der Waals surface area (Å²) in [6.07, 6.45) is 2.80. The third kappa shape index (κ3) is 8.04. The number of anilines is 4. The highest BCUT2D eigenvalue weighted by Crippen LogP contribution is 2.37. The molecule has 0 saturated carbocycles. The molecule has 3 fully saturated rings. The summed E-state index contributed by atoms with van der Waals surface area (Å²) < 4.78 is 1.81. The maximum Gasteiger partial charge on any atom is 0.321 e. The molecule has 8 rings (SSSR count). The number of benzene rings is 2. The van der Waals surface area contributed by atoms with Crippen molar-refractivity contribution in [2.24, 2.45) is 5.92 Å². The van der Waals surface area contributed by atoms with Gasteiger partial charge in [-0.05, 0) is 48.6 Å². The Hall–Kier alpha value is -6.07. The summed E-state index contributed by atoms with van der Waals surface area (Å²) in [7, 11) is 0. The van der Waals surface area contributed by atoms with Gasteiger partial charge < -0.3 is 30.9 Å². The molecular formula is C42H51N11O6. The maximum atomic E-state index is 13.5. The Kier molecular flexibility index (Phi) is 11.2. The van der Waals surface area contributed by atoms with Crippen molar-refractivity contribution in [3.8, 4) is 0 Å². The Morgan fingerprint density at radius 3 is 2.46 bits per heavy atom. The number of nitrogens with one attached hydrogen (secondary N) is 4. The van der Waals surface area contributed by atoms with Crippen molar-refractivity contribution >= 4 is 58.3 Å². The smallest absolute Gasteiger partial charge is 0.321 e. The maximum absolute atomic E-state index is 13.5. The van der Waals surface area contributed by atoms with Crippen LogP contribution in [0.4, 0.5) is 27.8 Å². The van der Waals surface area contributed by atoms with Gasteiger partial charge in [-0.15, -0.1) is 0 Å². The molecule has 0 spiro atoms. The molecule has 4 aromatic rings.